The fraction of sp³-hybridized carbons (Fsp3) is 0.429. The van der Waals surface area contributed by atoms with Crippen molar-refractivity contribution in [1.29, 1.82) is 0 Å². The minimum atomic E-state index is -4.47. The molecule has 0 N–H and O–H groups in total. The average molecular weight is 466 g/mol. The van der Waals surface area contributed by atoms with Crippen LogP contribution >= 0.6 is 11.8 Å². The molecule has 0 radical (unpaired) electrons. The number of halogens is 3. The second-order valence-corrected chi connectivity index (χ2v) is 8.61. The SMILES string of the molecule is Cc1cc(C(=O)CSc2nnnn2-c2cccc(C(F)(F)F)c2)c(C)n1CC1CCCO1. The molecule has 3 aromatic rings. The van der Waals surface area contributed by atoms with Gasteiger partial charge in [-0.3, -0.25) is 4.79 Å². The van der Waals surface area contributed by atoms with Gasteiger partial charge in [0.2, 0.25) is 5.16 Å². The molecule has 170 valence electrons. The van der Waals surface area contributed by atoms with Gasteiger partial charge in [0.25, 0.3) is 0 Å². The molecule has 1 aliphatic rings. The number of carbonyl (C=O) groups excluding carboxylic acids is 1. The topological polar surface area (TPSA) is 74.8 Å². The van der Waals surface area contributed by atoms with Crippen molar-refractivity contribution in [2.45, 2.75) is 50.7 Å². The second kappa shape index (κ2) is 9.07. The second-order valence-electron chi connectivity index (χ2n) is 7.66. The Morgan fingerprint density at radius 3 is 2.81 bits per heavy atom. The molecule has 0 saturated carbocycles. The number of aryl methyl sites for hydroxylation is 1. The third kappa shape index (κ3) is 4.73. The number of ether oxygens (including phenoxy) is 1. The highest BCUT2D eigenvalue weighted by molar-refractivity contribution is 7.99. The maximum atomic E-state index is 13.0. The molecule has 0 spiro atoms. The number of tetrazole rings is 1. The van der Waals surface area contributed by atoms with Crippen LogP contribution in [0.1, 0.15) is 40.2 Å². The Morgan fingerprint density at radius 1 is 1.28 bits per heavy atom. The van der Waals surface area contributed by atoms with E-state index in [1.165, 1.54) is 16.8 Å². The third-order valence-corrected chi connectivity index (χ3v) is 6.39. The minimum absolute atomic E-state index is 0.0591. The summed E-state index contributed by atoms with van der Waals surface area (Å²) in [6.45, 7) is 5.35. The highest BCUT2D eigenvalue weighted by atomic mass is 32.2. The Bertz CT molecular complexity index is 1120. The van der Waals surface area contributed by atoms with E-state index in [9.17, 15) is 18.0 Å². The van der Waals surface area contributed by atoms with Crippen molar-refractivity contribution in [3.63, 3.8) is 0 Å². The van der Waals surface area contributed by atoms with Crippen molar-refractivity contribution < 1.29 is 22.7 Å². The van der Waals surface area contributed by atoms with E-state index in [1.54, 1.807) is 0 Å². The Hall–Kier alpha value is -2.66. The van der Waals surface area contributed by atoms with E-state index in [1.807, 2.05) is 19.9 Å². The Labute approximate surface area is 186 Å². The van der Waals surface area contributed by atoms with Crippen LogP contribution in [-0.4, -0.2) is 49.0 Å². The van der Waals surface area contributed by atoms with Crippen molar-refractivity contribution in [1.82, 2.24) is 24.8 Å². The molecule has 32 heavy (non-hydrogen) atoms. The number of aromatic nitrogens is 5. The standard InChI is InChI=1S/C21H22F3N5O2S/c1-13-9-18(14(2)28(13)11-17-7-4-8-31-17)19(30)12-32-20-25-26-27-29(20)16-6-3-5-15(10-16)21(22,23)24/h3,5-6,9-10,17H,4,7-8,11-12H2,1-2H3. The van der Waals surface area contributed by atoms with Gasteiger partial charge in [-0.05, 0) is 61.4 Å². The van der Waals surface area contributed by atoms with Crippen LogP contribution in [-0.2, 0) is 17.5 Å². The molecule has 0 bridgehead atoms. The van der Waals surface area contributed by atoms with Gasteiger partial charge in [-0.25, -0.2) is 0 Å². The summed E-state index contributed by atoms with van der Waals surface area (Å²) >= 11 is 1.08. The summed E-state index contributed by atoms with van der Waals surface area (Å²) in [5, 5.41) is 11.5. The van der Waals surface area contributed by atoms with E-state index in [-0.39, 0.29) is 28.5 Å². The lowest BCUT2D eigenvalue weighted by Crippen LogP contribution is -2.17. The summed E-state index contributed by atoms with van der Waals surface area (Å²) in [6, 6.07) is 6.60. The number of thioether (sulfide) groups is 1. The maximum absolute atomic E-state index is 13.0. The van der Waals surface area contributed by atoms with E-state index in [0.29, 0.717) is 12.1 Å². The minimum Gasteiger partial charge on any atom is -0.376 e. The summed E-state index contributed by atoms with van der Waals surface area (Å²) in [5.41, 5.74) is 1.86. The molecule has 4 rings (SSSR count). The predicted molar refractivity (Wildman–Crippen MR) is 112 cm³/mol. The van der Waals surface area contributed by atoms with E-state index < -0.39 is 11.7 Å². The van der Waals surface area contributed by atoms with Gasteiger partial charge in [-0.1, -0.05) is 17.8 Å². The van der Waals surface area contributed by atoms with E-state index in [2.05, 4.69) is 20.1 Å². The van der Waals surface area contributed by atoms with Gasteiger partial charge in [0.1, 0.15) is 0 Å². The number of Topliss-reactive ketones (excluding diaryl/α,β-unsaturated/α-hetero) is 1. The Morgan fingerprint density at radius 2 is 2.09 bits per heavy atom. The van der Waals surface area contributed by atoms with Gasteiger partial charge in [-0.15, -0.1) is 5.10 Å². The maximum Gasteiger partial charge on any atom is 0.416 e. The lowest BCUT2D eigenvalue weighted by Gasteiger charge is -2.14. The highest BCUT2D eigenvalue weighted by Crippen LogP contribution is 2.31. The molecule has 1 fully saturated rings. The van der Waals surface area contributed by atoms with Crippen LogP contribution in [0.5, 0.6) is 0 Å². The van der Waals surface area contributed by atoms with Crippen LogP contribution in [0.15, 0.2) is 35.5 Å². The van der Waals surface area contributed by atoms with Crippen LogP contribution < -0.4 is 0 Å². The monoisotopic (exact) mass is 465 g/mol. The molecule has 0 aliphatic carbocycles. The summed E-state index contributed by atoms with van der Waals surface area (Å²) in [5.74, 6) is -0.0379. The molecule has 1 aliphatic heterocycles. The first kappa shape index (κ1) is 22.5. The molecule has 1 unspecified atom stereocenters. The van der Waals surface area contributed by atoms with Crippen LogP contribution in [0.3, 0.4) is 0 Å². The molecule has 11 heteroatoms. The van der Waals surface area contributed by atoms with Gasteiger partial charge < -0.3 is 9.30 Å². The summed E-state index contributed by atoms with van der Waals surface area (Å²) in [4.78, 5) is 12.9. The first-order chi connectivity index (χ1) is 15.2. The number of benzene rings is 1. The highest BCUT2D eigenvalue weighted by Gasteiger charge is 2.31. The van der Waals surface area contributed by atoms with Gasteiger partial charge >= 0.3 is 6.18 Å². The molecule has 3 heterocycles. The van der Waals surface area contributed by atoms with E-state index in [0.717, 1.165) is 54.7 Å². The number of hydrogen-bond donors (Lipinski definition) is 0. The van der Waals surface area contributed by atoms with E-state index >= 15 is 0 Å². The van der Waals surface area contributed by atoms with Crippen molar-refractivity contribution in [2.24, 2.45) is 0 Å². The van der Waals surface area contributed by atoms with Gasteiger partial charge in [0, 0.05) is 30.1 Å². The first-order valence-electron chi connectivity index (χ1n) is 10.1. The zero-order valence-corrected chi connectivity index (χ0v) is 18.4. The first-order valence-corrected chi connectivity index (χ1v) is 11.1. The molecule has 1 atom stereocenters. The Balaban J connectivity index is 1.48. The number of alkyl halides is 3. The summed E-state index contributed by atoms with van der Waals surface area (Å²) in [6.07, 6.45) is -2.25. The van der Waals surface area contributed by atoms with Gasteiger partial charge in [0.15, 0.2) is 5.78 Å². The summed E-state index contributed by atoms with van der Waals surface area (Å²) in [7, 11) is 0. The zero-order chi connectivity index (χ0) is 22.9. The molecular weight excluding hydrogens is 443 g/mol. The molecule has 1 aromatic carbocycles. The molecule has 2 aromatic heterocycles. The van der Waals surface area contributed by atoms with Crippen LogP contribution in [0.2, 0.25) is 0 Å². The largest absolute Gasteiger partial charge is 0.416 e. The van der Waals surface area contributed by atoms with Crippen LogP contribution in [0.4, 0.5) is 13.2 Å². The number of nitrogens with zero attached hydrogens (tertiary/aromatic N) is 5. The number of ketones is 1. The lowest BCUT2D eigenvalue weighted by molar-refractivity contribution is -0.137. The smallest absolute Gasteiger partial charge is 0.376 e. The predicted octanol–water partition coefficient (Wildman–Crippen LogP) is 4.25. The van der Waals surface area contributed by atoms with Crippen molar-refractivity contribution in [3.05, 3.63) is 52.8 Å². The fourth-order valence-corrected chi connectivity index (χ4v) is 4.58. The lowest BCUT2D eigenvalue weighted by atomic mass is 10.2. The van der Waals surface area contributed by atoms with E-state index in [4.69, 9.17) is 4.74 Å². The van der Waals surface area contributed by atoms with Crippen LogP contribution in [0, 0.1) is 13.8 Å². The fourth-order valence-electron chi connectivity index (χ4n) is 3.81. The van der Waals surface area contributed by atoms with Crippen molar-refractivity contribution >= 4 is 17.5 Å². The van der Waals surface area contributed by atoms with Gasteiger partial charge in [0.05, 0.1) is 23.1 Å². The Kier molecular flexibility index (Phi) is 6.38. The quantitative estimate of drug-likeness (QED) is 0.384. The number of hydrogen-bond acceptors (Lipinski definition) is 6. The summed E-state index contributed by atoms with van der Waals surface area (Å²) < 4.78 is 48.1. The van der Waals surface area contributed by atoms with Crippen molar-refractivity contribution in [3.8, 4) is 5.69 Å². The molecular formula is C21H22F3N5O2S. The van der Waals surface area contributed by atoms with Crippen molar-refractivity contribution in [2.75, 3.05) is 12.4 Å². The third-order valence-electron chi connectivity index (χ3n) is 5.48. The van der Waals surface area contributed by atoms with Gasteiger partial charge in [-0.2, -0.15) is 17.9 Å². The normalized spacial score (nSPS) is 16.6. The number of carbonyl (C=O) groups is 1. The molecule has 7 nitrogen and oxygen atoms in total. The zero-order valence-electron chi connectivity index (χ0n) is 17.6. The average Bonchev–Trinajstić information content (AvgIpc) is 3.49. The number of rotatable bonds is 7. The molecule has 1 saturated heterocycles. The molecule has 0 amide bonds. The van der Waals surface area contributed by atoms with Crippen LogP contribution in [0.25, 0.3) is 5.69 Å².